The van der Waals surface area contributed by atoms with Gasteiger partial charge in [0.25, 0.3) is 5.91 Å². The number of benzene rings is 2. The molecule has 0 aliphatic carbocycles. The van der Waals surface area contributed by atoms with Crippen LogP contribution in [0.1, 0.15) is 32.9 Å². The highest BCUT2D eigenvalue weighted by atomic mass is 32.1. The van der Waals surface area contributed by atoms with Crippen molar-refractivity contribution in [3.8, 4) is 11.5 Å². The highest BCUT2D eigenvalue weighted by Gasteiger charge is 2.15. The molecule has 8 heteroatoms. The van der Waals surface area contributed by atoms with Gasteiger partial charge in [0.05, 0.1) is 28.6 Å². The molecule has 2 aromatic carbocycles. The van der Waals surface area contributed by atoms with E-state index in [1.807, 2.05) is 39.0 Å². The van der Waals surface area contributed by atoms with Gasteiger partial charge < -0.3 is 14.0 Å². The zero-order valence-corrected chi connectivity index (χ0v) is 17.9. The van der Waals surface area contributed by atoms with Crippen molar-refractivity contribution in [1.29, 1.82) is 0 Å². The number of hydrogen-bond donors (Lipinski definition) is 1. The van der Waals surface area contributed by atoms with E-state index >= 15 is 0 Å². The molecular weight excluding hydrogens is 402 g/mol. The van der Waals surface area contributed by atoms with E-state index < -0.39 is 0 Å². The third kappa shape index (κ3) is 3.86. The van der Waals surface area contributed by atoms with Crippen LogP contribution in [-0.2, 0) is 6.61 Å². The van der Waals surface area contributed by atoms with E-state index in [1.54, 1.807) is 18.2 Å². The minimum Gasteiger partial charge on any atom is -0.493 e. The zero-order valence-electron chi connectivity index (χ0n) is 17.1. The largest absolute Gasteiger partial charge is 0.493 e. The first-order valence-corrected chi connectivity index (χ1v) is 10.2. The summed E-state index contributed by atoms with van der Waals surface area (Å²) in [5.74, 6) is 1.45. The average Bonchev–Trinajstić information content (AvgIpc) is 3.29. The van der Waals surface area contributed by atoms with Crippen LogP contribution >= 0.6 is 11.3 Å². The van der Waals surface area contributed by atoms with Crippen molar-refractivity contribution >= 4 is 32.6 Å². The van der Waals surface area contributed by atoms with Gasteiger partial charge in [-0.2, -0.15) is 0 Å². The second kappa shape index (κ2) is 8.16. The molecule has 0 spiro atoms. The lowest BCUT2D eigenvalue weighted by molar-refractivity contribution is 0.102. The predicted octanol–water partition coefficient (Wildman–Crippen LogP) is 5.05. The van der Waals surface area contributed by atoms with E-state index in [0.717, 1.165) is 27.0 Å². The van der Waals surface area contributed by atoms with Crippen LogP contribution in [0, 0.1) is 20.8 Å². The Hall–Kier alpha value is -3.39. The normalized spacial score (nSPS) is 10.9. The van der Waals surface area contributed by atoms with E-state index in [1.165, 1.54) is 18.4 Å². The fraction of sp³-hybridized carbons (Fsp3) is 0.227. The minimum absolute atomic E-state index is 0.262. The Morgan fingerprint density at radius 3 is 2.70 bits per heavy atom. The molecule has 1 amide bonds. The lowest BCUT2D eigenvalue weighted by atomic mass is 10.2. The van der Waals surface area contributed by atoms with Gasteiger partial charge in [0.1, 0.15) is 12.4 Å². The number of amides is 1. The number of rotatable bonds is 6. The van der Waals surface area contributed by atoms with Crippen molar-refractivity contribution in [3.05, 3.63) is 64.5 Å². The maximum atomic E-state index is 12.7. The number of hydrogen-bond acceptors (Lipinski definition) is 7. The first kappa shape index (κ1) is 19.9. The summed E-state index contributed by atoms with van der Waals surface area (Å²) in [5, 5.41) is 7.35. The monoisotopic (exact) mass is 423 g/mol. The number of para-hydroxylation sites is 1. The van der Waals surface area contributed by atoms with E-state index in [4.69, 9.17) is 14.0 Å². The summed E-state index contributed by atoms with van der Waals surface area (Å²) >= 11 is 1.44. The van der Waals surface area contributed by atoms with Gasteiger partial charge in [-0.1, -0.05) is 28.6 Å². The summed E-state index contributed by atoms with van der Waals surface area (Å²) in [5.41, 5.74) is 4.11. The van der Waals surface area contributed by atoms with Gasteiger partial charge in [0.2, 0.25) is 0 Å². The average molecular weight is 423 g/mol. The molecule has 4 rings (SSSR count). The molecule has 0 aliphatic rings. The molecule has 0 saturated heterocycles. The quantitative estimate of drug-likeness (QED) is 0.467. The molecule has 30 heavy (non-hydrogen) atoms. The molecule has 0 atom stereocenters. The van der Waals surface area contributed by atoms with Crippen LogP contribution < -0.4 is 14.8 Å². The number of carbonyl (C=O) groups is 1. The van der Waals surface area contributed by atoms with Crippen LogP contribution in [0.5, 0.6) is 11.5 Å². The third-order valence-electron chi connectivity index (χ3n) is 4.82. The molecule has 0 unspecified atom stereocenters. The molecule has 0 bridgehead atoms. The van der Waals surface area contributed by atoms with Crippen molar-refractivity contribution in [2.45, 2.75) is 27.4 Å². The number of anilines is 1. The summed E-state index contributed by atoms with van der Waals surface area (Å²) in [6, 6.07) is 11.0. The third-order valence-corrected chi connectivity index (χ3v) is 5.76. The first-order chi connectivity index (χ1) is 14.5. The van der Waals surface area contributed by atoms with Gasteiger partial charge >= 0.3 is 0 Å². The fourth-order valence-corrected chi connectivity index (χ4v) is 4.03. The molecule has 0 radical (unpaired) electrons. The molecule has 4 aromatic rings. The standard InChI is InChI=1S/C22H21N3O4S/c1-12-6-5-7-19-20(12)23-22(30-19)24-21(26)15-8-9-17(18(10-15)27-4)28-11-16-13(2)25-29-14(16)3/h5-10H,11H2,1-4H3,(H,23,24,26). The van der Waals surface area contributed by atoms with Crippen molar-refractivity contribution in [2.75, 3.05) is 12.4 Å². The number of thiazole rings is 1. The predicted molar refractivity (Wildman–Crippen MR) is 116 cm³/mol. The van der Waals surface area contributed by atoms with Gasteiger partial charge in [-0.05, 0) is 50.6 Å². The minimum atomic E-state index is -0.262. The lowest BCUT2D eigenvalue weighted by Gasteiger charge is -2.12. The number of nitrogens with zero attached hydrogens (tertiary/aromatic N) is 2. The van der Waals surface area contributed by atoms with E-state index in [9.17, 15) is 4.79 Å². The van der Waals surface area contributed by atoms with Crippen LogP contribution in [-0.4, -0.2) is 23.2 Å². The SMILES string of the molecule is COc1cc(C(=O)Nc2nc3c(C)cccc3s2)ccc1OCc1c(C)noc1C. The summed E-state index contributed by atoms with van der Waals surface area (Å²) in [6.45, 7) is 6.00. The molecule has 2 aromatic heterocycles. The Morgan fingerprint density at radius 1 is 1.17 bits per heavy atom. The van der Waals surface area contributed by atoms with Crippen LogP contribution in [0.2, 0.25) is 0 Å². The van der Waals surface area contributed by atoms with Gasteiger partial charge in [0, 0.05) is 5.56 Å². The summed E-state index contributed by atoms with van der Waals surface area (Å²) in [7, 11) is 1.54. The van der Waals surface area contributed by atoms with Gasteiger partial charge in [-0.25, -0.2) is 4.98 Å². The lowest BCUT2D eigenvalue weighted by Crippen LogP contribution is -2.12. The number of ether oxygens (including phenoxy) is 2. The summed E-state index contributed by atoms with van der Waals surface area (Å²) in [6.07, 6.45) is 0. The van der Waals surface area contributed by atoms with Crippen LogP contribution in [0.3, 0.4) is 0 Å². The number of fused-ring (bicyclic) bond motifs is 1. The van der Waals surface area contributed by atoms with Crippen molar-refractivity contribution in [2.24, 2.45) is 0 Å². The van der Waals surface area contributed by atoms with E-state index in [2.05, 4.69) is 15.5 Å². The number of nitrogens with one attached hydrogen (secondary N) is 1. The van der Waals surface area contributed by atoms with Crippen LogP contribution in [0.15, 0.2) is 40.9 Å². The van der Waals surface area contributed by atoms with Crippen LogP contribution in [0.4, 0.5) is 5.13 Å². The van der Waals surface area contributed by atoms with Crippen molar-refractivity contribution in [3.63, 3.8) is 0 Å². The molecule has 0 aliphatic heterocycles. The summed E-state index contributed by atoms with van der Waals surface area (Å²) in [4.78, 5) is 17.3. The van der Waals surface area contributed by atoms with Crippen molar-refractivity contribution < 1.29 is 18.8 Å². The molecule has 154 valence electrons. The number of aryl methyl sites for hydroxylation is 3. The topological polar surface area (TPSA) is 86.5 Å². The summed E-state index contributed by atoms with van der Waals surface area (Å²) < 4.78 is 17.5. The number of aromatic nitrogens is 2. The second-order valence-corrected chi connectivity index (χ2v) is 7.88. The molecular formula is C22H21N3O4S. The smallest absolute Gasteiger partial charge is 0.257 e. The Kier molecular flexibility index (Phi) is 5.41. The van der Waals surface area contributed by atoms with E-state index in [0.29, 0.717) is 34.6 Å². The molecule has 2 heterocycles. The molecule has 1 N–H and O–H groups in total. The Morgan fingerprint density at radius 2 is 2.00 bits per heavy atom. The molecule has 0 saturated carbocycles. The number of carbonyl (C=O) groups excluding carboxylic acids is 1. The van der Waals surface area contributed by atoms with Gasteiger partial charge in [0.15, 0.2) is 16.6 Å². The number of methoxy groups -OCH3 is 1. The maximum absolute atomic E-state index is 12.7. The van der Waals surface area contributed by atoms with E-state index in [-0.39, 0.29) is 5.91 Å². The Bertz CT molecular complexity index is 1210. The highest BCUT2D eigenvalue weighted by molar-refractivity contribution is 7.22. The Balaban J connectivity index is 1.51. The first-order valence-electron chi connectivity index (χ1n) is 9.36. The van der Waals surface area contributed by atoms with Crippen molar-refractivity contribution in [1.82, 2.24) is 10.1 Å². The fourth-order valence-electron chi connectivity index (χ4n) is 3.09. The van der Waals surface area contributed by atoms with Gasteiger partial charge in [-0.15, -0.1) is 0 Å². The second-order valence-electron chi connectivity index (χ2n) is 6.85. The zero-order chi connectivity index (χ0) is 21.3. The Labute approximate surface area is 177 Å². The molecule has 7 nitrogen and oxygen atoms in total. The maximum Gasteiger partial charge on any atom is 0.257 e. The van der Waals surface area contributed by atoms with Gasteiger partial charge in [-0.3, -0.25) is 10.1 Å². The molecule has 0 fully saturated rings. The van der Waals surface area contributed by atoms with Crippen LogP contribution in [0.25, 0.3) is 10.2 Å². The highest BCUT2D eigenvalue weighted by Crippen LogP contribution is 2.31.